The molecule has 1 aliphatic carbocycles. The zero-order chi connectivity index (χ0) is 16.4. The second-order valence-corrected chi connectivity index (χ2v) is 8.16. The monoisotopic (exact) mass is 348 g/mol. The van der Waals surface area contributed by atoms with Crippen LogP contribution in [0.25, 0.3) is 0 Å². The maximum Gasteiger partial charge on any atom is 0.263 e. The van der Waals surface area contributed by atoms with E-state index in [2.05, 4.69) is 5.32 Å². The molecule has 0 bridgehead atoms. The molecule has 0 saturated heterocycles. The Kier molecular flexibility index (Phi) is 4.82. The van der Waals surface area contributed by atoms with Gasteiger partial charge >= 0.3 is 0 Å². The highest BCUT2D eigenvalue weighted by Crippen LogP contribution is 2.33. The summed E-state index contributed by atoms with van der Waals surface area (Å²) in [6, 6.07) is 6.00. The Bertz CT molecular complexity index is 704. The van der Waals surface area contributed by atoms with Gasteiger partial charge in [-0.25, -0.2) is 0 Å². The third-order valence-electron chi connectivity index (χ3n) is 4.09. The van der Waals surface area contributed by atoms with Gasteiger partial charge in [0.05, 0.1) is 11.4 Å². The van der Waals surface area contributed by atoms with Crippen molar-refractivity contribution in [3.8, 4) is 0 Å². The molecular weight excluding hydrogens is 328 g/mol. The summed E-state index contributed by atoms with van der Waals surface area (Å²) in [5.41, 5.74) is 1.17. The third-order valence-corrected chi connectivity index (χ3v) is 6.19. The molecule has 122 valence electrons. The number of hydrogen-bond donors (Lipinski definition) is 1. The van der Waals surface area contributed by atoms with Crippen molar-refractivity contribution in [2.75, 3.05) is 14.1 Å². The summed E-state index contributed by atoms with van der Waals surface area (Å²) < 4.78 is 0. The molecule has 2 amide bonds. The molecule has 1 atom stereocenters. The first-order valence-electron chi connectivity index (χ1n) is 7.68. The lowest BCUT2D eigenvalue weighted by Gasteiger charge is -2.21. The Labute approximate surface area is 144 Å². The van der Waals surface area contributed by atoms with Crippen LogP contribution in [-0.2, 0) is 24.2 Å². The number of fused-ring (bicyclic) bond motifs is 1. The number of aryl methyl sites for hydroxylation is 1. The largest absolute Gasteiger partial charge is 0.351 e. The predicted molar refractivity (Wildman–Crippen MR) is 94.0 cm³/mol. The summed E-state index contributed by atoms with van der Waals surface area (Å²) in [4.78, 5) is 29.3. The number of nitrogens with one attached hydrogen (secondary N) is 1. The molecule has 0 unspecified atom stereocenters. The van der Waals surface area contributed by atoms with Crippen LogP contribution in [0.4, 0.5) is 0 Å². The van der Waals surface area contributed by atoms with Gasteiger partial charge in [0.15, 0.2) is 0 Å². The molecule has 0 spiro atoms. The third kappa shape index (κ3) is 3.64. The summed E-state index contributed by atoms with van der Waals surface area (Å²) in [6.07, 6.45) is 2.49. The Morgan fingerprint density at radius 2 is 2.22 bits per heavy atom. The second-order valence-electron chi connectivity index (χ2n) is 6.00. The van der Waals surface area contributed by atoms with Crippen LogP contribution in [0.5, 0.6) is 0 Å². The van der Waals surface area contributed by atoms with Gasteiger partial charge in [0.2, 0.25) is 5.91 Å². The maximum atomic E-state index is 12.4. The molecule has 0 fully saturated rings. The van der Waals surface area contributed by atoms with Crippen LogP contribution in [0, 0.1) is 5.92 Å². The van der Waals surface area contributed by atoms with Crippen molar-refractivity contribution in [3.05, 3.63) is 43.8 Å². The number of thiophene rings is 2. The number of amides is 2. The van der Waals surface area contributed by atoms with E-state index < -0.39 is 0 Å². The summed E-state index contributed by atoms with van der Waals surface area (Å²) >= 11 is 3.23. The highest BCUT2D eigenvalue weighted by Gasteiger charge is 2.27. The Morgan fingerprint density at radius 1 is 1.39 bits per heavy atom. The zero-order valence-electron chi connectivity index (χ0n) is 13.3. The number of hydrogen-bond acceptors (Lipinski definition) is 4. The SMILES string of the molecule is CN(C)C(=O)c1cc2c(s1)CC[C@@H](C(=O)NCc1cccs1)C2. The molecule has 3 rings (SSSR count). The lowest BCUT2D eigenvalue weighted by atomic mass is 9.88. The fraction of sp³-hybridized carbons (Fsp3) is 0.412. The first-order valence-corrected chi connectivity index (χ1v) is 9.37. The topological polar surface area (TPSA) is 49.4 Å². The number of rotatable bonds is 4. The Balaban J connectivity index is 1.63. The van der Waals surface area contributed by atoms with E-state index in [-0.39, 0.29) is 17.7 Å². The Morgan fingerprint density at radius 3 is 2.91 bits per heavy atom. The van der Waals surface area contributed by atoms with E-state index in [0.717, 1.165) is 24.1 Å². The van der Waals surface area contributed by atoms with E-state index in [9.17, 15) is 9.59 Å². The number of carbonyl (C=O) groups excluding carboxylic acids is 2. The summed E-state index contributed by atoms with van der Waals surface area (Å²) in [7, 11) is 3.53. The molecule has 2 aromatic heterocycles. The van der Waals surface area contributed by atoms with Crippen molar-refractivity contribution < 1.29 is 9.59 Å². The van der Waals surface area contributed by atoms with Crippen LogP contribution < -0.4 is 5.32 Å². The van der Waals surface area contributed by atoms with Gasteiger partial charge in [-0.1, -0.05) is 6.07 Å². The molecule has 6 heteroatoms. The minimum absolute atomic E-state index is 0.0133. The molecular formula is C17H20N2O2S2. The van der Waals surface area contributed by atoms with Gasteiger partial charge < -0.3 is 10.2 Å². The number of carbonyl (C=O) groups is 2. The number of nitrogens with zero attached hydrogens (tertiary/aromatic N) is 1. The van der Waals surface area contributed by atoms with E-state index in [0.29, 0.717) is 6.54 Å². The van der Waals surface area contributed by atoms with Gasteiger partial charge in [0.25, 0.3) is 5.91 Å². The van der Waals surface area contributed by atoms with Gasteiger partial charge in [0, 0.05) is 29.8 Å². The quantitative estimate of drug-likeness (QED) is 0.923. The minimum Gasteiger partial charge on any atom is -0.351 e. The minimum atomic E-state index is 0.0133. The second kappa shape index (κ2) is 6.84. The standard InChI is InChI=1S/C17H20N2O2S2/c1-19(2)17(21)15-9-12-8-11(5-6-14(12)23-15)16(20)18-10-13-4-3-7-22-13/h3-4,7,9,11H,5-6,8,10H2,1-2H3,(H,18,20)/t11-/m1/s1. The van der Waals surface area contributed by atoms with Gasteiger partial charge in [-0.15, -0.1) is 22.7 Å². The van der Waals surface area contributed by atoms with E-state index in [1.165, 1.54) is 15.3 Å². The molecule has 0 radical (unpaired) electrons. The predicted octanol–water partition coefficient (Wildman–Crippen LogP) is 2.93. The fourth-order valence-electron chi connectivity index (χ4n) is 2.80. The molecule has 2 aromatic rings. The van der Waals surface area contributed by atoms with Crippen LogP contribution in [0.15, 0.2) is 23.6 Å². The molecule has 4 nitrogen and oxygen atoms in total. The van der Waals surface area contributed by atoms with Crippen LogP contribution in [0.1, 0.15) is 31.4 Å². The van der Waals surface area contributed by atoms with Gasteiger partial charge in [-0.05, 0) is 42.3 Å². The molecule has 0 saturated carbocycles. The van der Waals surface area contributed by atoms with E-state index in [1.54, 1.807) is 41.7 Å². The lowest BCUT2D eigenvalue weighted by Crippen LogP contribution is -2.33. The average Bonchev–Trinajstić information content (AvgIpc) is 3.19. The van der Waals surface area contributed by atoms with Crippen LogP contribution in [-0.4, -0.2) is 30.8 Å². The van der Waals surface area contributed by atoms with Crippen LogP contribution >= 0.6 is 22.7 Å². The van der Waals surface area contributed by atoms with E-state index in [4.69, 9.17) is 0 Å². The first kappa shape index (κ1) is 16.2. The molecule has 1 N–H and O–H groups in total. The highest BCUT2D eigenvalue weighted by molar-refractivity contribution is 7.14. The summed E-state index contributed by atoms with van der Waals surface area (Å²) in [5, 5.41) is 5.05. The molecule has 1 aliphatic rings. The summed E-state index contributed by atoms with van der Waals surface area (Å²) in [5.74, 6) is 0.179. The van der Waals surface area contributed by atoms with Crippen LogP contribution in [0.2, 0.25) is 0 Å². The lowest BCUT2D eigenvalue weighted by molar-refractivity contribution is -0.125. The van der Waals surface area contributed by atoms with Gasteiger partial charge in [-0.2, -0.15) is 0 Å². The first-order chi connectivity index (χ1) is 11.0. The van der Waals surface area contributed by atoms with Crippen molar-refractivity contribution >= 4 is 34.5 Å². The van der Waals surface area contributed by atoms with Gasteiger partial charge in [-0.3, -0.25) is 9.59 Å². The van der Waals surface area contributed by atoms with Crippen molar-refractivity contribution in [3.63, 3.8) is 0 Å². The molecule has 2 heterocycles. The highest BCUT2D eigenvalue weighted by atomic mass is 32.1. The van der Waals surface area contributed by atoms with Gasteiger partial charge in [0.1, 0.15) is 0 Å². The average molecular weight is 348 g/mol. The smallest absolute Gasteiger partial charge is 0.263 e. The zero-order valence-corrected chi connectivity index (χ0v) is 14.9. The molecule has 0 aromatic carbocycles. The van der Waals surface area contributed by atoms with Crippen molar-refractivity contribution in [1.29, 1.82) is 0 Å². The van der Waals surface area contributed by atoms with E-state index in [1.807, 2.05) is 23.6 Å². The summed E-state index contributed by atoms with van der Waals surface area (Å²) in [6.45, 7) is 0.605. The normalized spacial score (nSPS) is 16.7. The van der Waals surface area contributed by atoms with Crippen molar-refractivity contribution in [1.82, 2.24) is 10.2 Å². The van der Waals surface area contributed by atoms with E-state index >= 15 is 0 Å². The van der Waals surface area contributed by atoms with Crippen LogP contribution in [0.3, 0.4) is 0 Å². The molecule has 0 aliphatic heterocycles. The maximum absolute atomic E-state index is 12.4. The Hall–Kier alpha value is -1.66. The fourth-order valence-corrected chi connectivity index (χ4v) is 4.68. The van der Waals surface area contributed by atoms with Crippen molar-refractivity contribution in [2.45, 2.75) is 25.8 Å². The molecule has 23 heavy (non-hydrogen) atoms. The van der Waals surface area contributed by atoms with Crippen molar-refractivity contribution in [2.24, 2.45) is 5.92 Å².